The number of rotatable bonds is 4. The minimum Gasteiger partial charge on any atom is -0.482 e. The first-order valence-corrected chi connectivity index (χ1v) is 9.73. The molecule has 0 N–H and O–H groups in total. The Hall–Kier alpha value is -2.45. The van der Waals surface area contributed by atoms with E-state index in [1.165, 1.54) is 28.0 Å². The van der Waals surface area contributed by atoms with Crippen LogP contribution in [0.2, 0.25) is 10.0 Å². The van der Waals surface area contributed by atoms with Gasteiger partial charge in [-0.15, -0.1) is 0 Å². The Kier molecular flexibility index (Phi) is 6.77. The van der Waals surface area contributed by atoms with Crippen molar-refractivity contribution >= 4 is 35.0 Å². The summed E-state index contributed by atoms with van der Waals surface area (Å²) in [7, 11) is 0. The topological polar surface area (TPSA) is 49.9 Å². The quantitative estimate of drug-likeness (QED) is 0.680. The Morgan fingerprint density at radius 3 is 2.27 bits per heavy atom. The van der Waals surface area contributed by atoms with Crippen LogP contribution >= 0.6 is 23.2 Å². The van der Waals surface area contributed by atoms with Gasteiger partial charge in [0.25, 0.3) is 11.8 Å². The molecule has 0 saturated carbocycles. The van der Waals surface area contributed by atoms with Gasteiger partial charge in [0.2, 0.25) is 0 Å². The second-order valence-corrected chi connectivity index (χ2v) is 7.42. The number of benzene rings is 2. The minimum absolute atomic E-state index is 0.120. The van der Waals surface area contributed by atoms with Gasteiger partial charge < -0.3 is 14.5 Å². The SMILES string of the molecule is O=C(COc1cc(Cl)ccc1Cl)N1CCN(C(=O)c2ccccc2C(F)(F)F)CC1. The van der Waals surface area contributed by atoms with E-state index in [2.05, 4.69) is 0 Å². The first-order valence-electron chi connectivity index (χ1n) is 8.98. The number of nitrogens with zero attached hydrogens (tertiary/aromatic N) is 2. The summed E-state index contributed by atoms with van der Waals surface area (Å²) in [6, 6.07) is 9.30. The van der Waals surface area contributed by atoms with Crippen LogP contribution in [-0.4, -0.2) is 54.4 Å². The fourth-order valence-corrected chi connectivity index (χ4v) is 3.40. The van der Waals surface area contributed by atoms with E-state index < -0.39 is 23.2 Å². The second kappa shape index (κ2) is 9.14. The van der Waals surface area contributed by atoms with Gasteiger partial charge in [-0.25, -0.2) is 0 Å². The van der Waals surface area contributed by atoms with Crippen LogP contribution in [0.5, 0.6) is 5.75 Å². The molecule has 1 fully saturated rings. The molecule has 2 amide bonds. The molecule has 5 nitrogen and oxygen atoms in total. The average molecular weight is 461 g/mol. The van der Waals surface area contributed by atoms with Crippen LogP contribution in [0.3, 0.4) is 0 Å². The van der Waals surface area contributed by atoms with E-state index >= 15 is 0 Å². The van der Waals surface area contributed by atoms with Crippen molar-refractivity contribution < 1.29 is 27.5 Å². The first-order chi connectivity index (χ1) is 14.2. The summed E-state index contributed by atoms with van der Waals surface area (Å²) in [5.41, 5.74) is -1.37. The molecule has 1 saturated heterocycles. The zero-order chi connectivity index (χ0) is 21.9. The lowest BCUT2D eigenvalue weighted by Gasteiger charge is -2.35. The van der Waals surface area contributed by atoms with Gasteiger partial charge in [0.05, 0.1) is 16.1 Å². The average Bonchev–Trinajstić information content (AvgIpc) is 2.73. The van der Waals surface area contributed by atoms with Crippen LogP contribution in [0.25, 0.3) is 0 Å². The molecule has 2 aromatic carbocycles. The van der Waals surface area contributed by atoms with Gasteiger partial charge in [-0.1, -0.05) is 35.3 Å². The molecular formula is C20H17Cl2F3N2O3. The highest BCUT2D eigenvalue weighted by Gasteiger charge is 2.36. The summed E-state index contributed by atoms with van der Waals surface area (Å²) in [6.45, 7) is 0.338. The Labute approximate surface area is 180 Å². The van der Waals surface area contributed by atoms with Gasteiger partial charge in [-0.2, -0.15) is 13.2 Å². The maximum Gasteiger partial charge on any atom is 0.417 e. The molecule has 0 radical (unpaired) electrons. The summed E-state index contributed by atoms with van der Waals surface area (Å²) in [4.78, 5) is 27.8. The number of alkyl halides is 3. The minimum atomic E-state index is -4.62. The molecule has 0 spiro atoms. The third kappa shape index (κ3) is 5.17. The van der Waals surface area contributed by atoms with E-state index in [0.717, 1.165) is 12.1 Å². The van der Waals surface area contributed by atoms with Crippen molar-refractivity contribution in [2.75, 3.05) is 32.8 Å². The number of amides is 2. The monoisotopic (exact) mass is 460 g/mol. The number of ether oxygens (including phenoxy) is 1. The van der Waals surface area contributed by atoms with Crippen molar-refractivity contribution in [3.05, 3.63) is 63.6 Å². The zero-order valence-electron chi connectivity index (χ0n) is 15.6. The van der Waals surface area contributed by atoms with Crippen molar-refractivity contribution in [2.45, 2.75) is 6.18 Å². The highest BCUT2D eigenvalue weighted by Crippen LogP contribution is 2.32. The number of hydrogen-bond donors (Lipinski definition) is 0. The van der Waals surface area contributed by atoms with E-state index in [0.29, 0.717) is 10.0 Å². The van der Waals surface area contributed by atoms with Crippen molar-refractivity contribution in [3.63, 3.8) is 0 Å². The van der Waals surface area contributed by atoms with E-state index in [1.54, 1.807) is 12.1 Å². The zero-order valence-corrected chi connectivity index (χ0v) is 17.1. The molecule has 1 aliphatic heterocycles. The molecule has 1 heterocycles. The smallest absolute Gasteiger partial charge is 0.417 e. The molecule has 0 unspecified atom stereocenters. The van der Waals surface area contributed by atoms with Crippen LogP contribution in [0.15, 0.2) is 42.5 Å². The number of hydrogen-bond acceptors (Lipinski definition) is 3. The third-order valence-electron chi connectivity index (χ3n) is 4.63. The maximum atomic E-state index is 13.2. The van der Waals surface area contributed by atoms with Crippen LogP contribution in [0, 0.1) is 0 Å². The van der Waals surface area contributed by atoms with Crippen LogP contribution in [-0.2, 0) is 11.0 Å². The first kappa shape index (κ1) is 22.2. The molecule has 30 heavy (non-hydrogen) atoms. The van der Waals surface area contributed by atoms with E-state index in [-0.39, 0.29) is 44.4 Å². The Morgan fingerprint density at radius 2 is 1.60 bits per heavy atom. The van der Waals surface area contributed by atoms with E-state index in [4.69, 9.17) is 27.9 Å². The number of carbonyl (C=O) groups is 2. The Balaban J connectivity index is 1.58. The lowest BCUT2D eigenvalue weighted by atomic mass is 10.1. The summed E-state index contributed by atoms with van der Waals surface area (Å²) < 4.78 is 44.9. The second-order valence-electron chi connectivity index (χ2n) is 6.58. The van der Waals surface area contributed by atoms with Crippen molar-refractivity contribution in [3.8, 4) is 5.75 Å². The van der Waals surface area contributed by atoms with Gasteiger partial charge in [0.1, 0.15) is 5.75 Å². The van der Waals surface area contributed by atoms with Crippen LogP contribution < -0.4 is 4.74 Å². The highest BCUT2D eigenvalue weighted by molar-refractivity contribution is 6.34. The highest BCUT2D eigenvalue weighted by atomic mass is 35.5. The maximum absolute atomic E-state index is 13.2. The molecule has 0 aromatic heterocycles. The normalized spacial score (nSPS) is 14.6. The Bertz CT molecular complexity index is 945. The standard InChI is InChI=1S/C20H17Cl2F3N2O3/c21-13-5-6-16(22)17(11-13)30-12-18(28)26-7-9-27(10-8-26)19(29)14-3-1-2-4-15(14)20(23,24)25/h1-6,11H,7-10,12H2. The van der Waals surface area contributed by atoms with Gasteiger partial charge in [-0.05, 0) is 24.3 Å². The van der Waals surface area contributed by atoms with Crippen LogP contribution in [0.4, 0.5) is 13.2 Å². The molecular weight excluding hydrogens is 444 g/mol. The lowest BCUT2D eigenvalue weighted by Crippen LogP contribution is -2.51. The van der Waals surface area contributed by atoms with Gasteiger partial charge in [-0.3, -0.25) is 9.59 Å². The number of carbonyl (C=O) groups excluding carboxylic acids is 2. The van der Waals surface area contributed by atoms with Gasteiger partial charge >= 0.3 is 6.18 Å². The predicted molar refractivity (Wildman–Crippen MR) is 106 cm³/mol. The lowest BCUT2D eigenvalue weighted by molar-refractivity contribution is -0.138. The molecule has 0 bridgehead atoms. The fraction of sp³-hybridized carbons (Fsp3) is 0.300. The number of piperazine rings is 1. The summed E-state index contributed by atoms with van der Waals surface area (Å²) >= 11 is 11.9. The van der Waals surface area contributed by atoms with Gasteiger partial charge in [0, 0.05) is 37.3 Å². The van der Waals surface area contributed by atoms with Crippen molar-refractivity contribution in [1.82, 2.24) is 9.80 Å². The number of halogens is 5. The third-order valence-corrected chi connectivity index (χ3v) is 5.17. The molecule has 10 heteroatoms. The van der Waals surface area contributed by atoms with Crippen molar-refractivity contribution in [1.29, 1.82) is 0 Å². The molecule has 0 aliphatic carbocycles. The molecule has 1 aliphatic rings. The summed E-state index contributed by atoms with van der Waals surface area (Å²) in [5.74, 6) is -0.763. The van der Waals surface area contributed by atoms with Gasteiger partial charge in [0.15, 0.2) is 6.61 Å². The molecule has 2 aromatic rings. The fourth-order valence-electron chi connectivity index (χ4n) is 3.06. The molecule has 160 valence electrons. The summed E-state index contributed by atoms with van der Waals surface area (Å²) in [5, 5.41) is 0.721. The van der Waals surface area contributed by atoms with E-state index in [9.17, 15) is 22.8 Å². The predicted octanol–water partition coefficient (Wildman–Crippen LogP) is 4.38. The van der Waals surface area contributed by atoms with Crippen LogP contribution in [0.1, 0.15) is 15.9 Å². The Morgan fingerprint density at radius 1 is 0.967 bits per heavy atom. The molecule has 0 atom stereocenters. The summed E-state index contributed by atoms with van der Waals surface area (Å²) in [6.07, 6.45) is -4.62. The van der Waals surface area contributed by atoms with E-state index in [1.807, 2.05) is 0 Å². The van der Waals surface area contributed by atoms with Crippen molar-refractivity contribution in [2.24, 2.45) is 0 Å². The largest absolute Gasteiger partial charge is 0.482 e. The molecule has 3 rings (SSSR count).